The first-order valence-corrected chi connectivity index (χ1v) is 6.47. The van der Waals surface area contributed by atoms with Gasteiger partial charge in [0.2, 0.25) is 0 Å². The average molecular weight is 295 g/mol. The molecule has 0 fully saturated rings. The van der Waals surface area contributed by atoms with E-state index in [1.165, 1.54) is 4.90 Å². The summed E-state index contributed by atoms with van der Waals surface area (Å²) >= 11 is 6.08. The fraction of sp³-hybridized carbons (Fsp3) is 0.286. The van der Waals surface area contributed by atoms with Gasteiger partial charge in [-0.05, 0) is 12.1 Å². The molecule has 5 nitrogen and oxygen atoms in total. The van der Waals surface area contributed by atoms with Crippen LogP contribution in [0.4, 0.5) is 0 Å². The number of likely N-dealkylation sites (N-methyl/N-ethyl adjacent to an activating group) is 1. The maximum Gasteiger partial charge on any atom is 0.275 e. The first-order valence-electron chi connectivity index (χ1n) is 6.09. The second-order valence-corrected chi connectivity index (χ2v) is 4.68. The zero-order valence-electron chi connectivity index (χ0n) is 11.3. The minimum atomic E-state index is -0.218. The Morgan fingerprint density at radius 1 is 1.45 bits per heavy atom. The third-order valence-corrected chi connectivity index (χ3v) is 3.18. The minimum Gasteiger partial charge on any atom is -0.383 e. The highest BCUT2D eigenvalue weighted by atomic mass is 35.5. The summed E-state index contributed by atoms with van der Waals surface area (Å²) in [5.41, 5.74) is 0.957. The maximum absolute atomic E-state index is 12.1. The predicted molar refractivity (Wildman–Crippen MR) is 75.8 cm³/mol. The van der Waals surface area contributed by atoms with E-state index in [1.807, 2.05) is 18.2 Å². The van der Waals surface area contributed by atoms with Gasteiger partial charge in [0.1, 0.15) is 0 Å². The molecule has 1 aromatic carbocycles. The van der Waals surface area contributed by atoms with Crippen molar-refractivity contribution in [2.75, 3.05) is 27.3 Å². The van der Waals surface area contributed by atoms with Crippen LogP contribution in [-0.2, 0) is 4.74 Å². The molecule has 2 rings (SSSR count). The summed E-state index contributed by atoms with van der Waals surface area (Å²) in [6.07, 6.45) is 0. The zero-order chi connectivity index (χ0) is 14.5. The van der Waals surface area contributed by atoms with Crippen molar-refractivity contribution in [1.29, 1.82) is 0 Å². The van der Waals surface area contributed by atoms with Crippen LogP contribution in [0.15, 0.2) is 34.9 Å². The van der Waals surface area contributed by atoms with Crippen LogP contribution < -0.4 is 0 Å². The Labute approximate surface area is 122 Å². The van der Waals surface area contributed by atoms with Crippen LogP contribution in [0.5, 0.6) is 0 Å². The number of amides is 1. The van der Waals surface area contributed by atoms with Crippen LogP contribution in [0.2, 0.25) is 5.02 Å². The van der Waals surface area contributed by atoms with E-state index in [4.69, 9.17) is 20.9 Å². The van der Waals surface area contributed by atoms with E-state index in [2.05, 4.69) is 5.16 Å². The number of benzene rings is 1. The monoisotopic (exact) mass is 294 g/mol. The third-order valence-electron chi connectivity index (χ3n) is 2.85. The predicted octanol–water partition coefficient (Wildman–Crippen LogP) is 2.71. The van der Waals surface area contributed by atoms with Crippen molar-refractivity contribution >= 4 is 17.5 Å². The Morgan fingerprint density at radius 3 is 2.90 bits per heavy atom. The Hall–Kier alpha value is -1.85. The first-order chi connectivity index (χ1) is 9.63. The van der Waals surface area contributed by atoms with Crippen LogP contribution >= 0.6 is 11.6 Å². The Morgan fingerprint density at radius 2 is 2.20 bits per heavy atom. The number of ether oxygens (including phenoxy) is 1. The van der Waals surface area contributed by atoms with Gasteiger partial charge in [0.05, 0.1) is 11.6 Å². The molecule has 0 spiro atoms. The molecule has 0 radical (unpaired) electrons. The van der Waals surface area contributed by atoms with Gasteiger partial charge in [0.15, 0.2) is 11.5 Å². The lowest BCUT2D eigenvalue weighted by Gasteiger charge is -2.14. The molecule has 106 valence electrons. The fourth-order valence-electron chi connectivity index (χ4n) is 1.69. The summed E-state index contributed by atoms with van der Waals surface area (Å²) in [5, 5.41) is 4.35. The second kappa shape index (κ2) is 6.54. The molecule has 6 heteroatoms. The Kier molecular flexibility index (Phi) is 4.76. The van der Waals surface area contributed by atoms with Gasteiger partial charge >= 0.3 is 0 Å². The van der Waals surface area contributed by atoms with E-state index in [1.54, 1.807) is 26.3 Å². The smallest absolute Gasteiger partial charge is 0.275 e. The number of nitrogens with zero attached hydrogens (tertiary/aromatic N) is 2. The van der Waals surface area contributed by atoms with Crippen molar-refractivity contribution in [2.45, 2.75) is 0 Å². The summed E-state index contributed by atoms with van der Waals surface area (Å²) < 4.78 is 10.1. The molecule has 1 heterocycles. The van der Waals surface area contributed by atoms with Crippen LogP contribution in [0.3, 0.4) is 0 Å². The van der Waals surface area contributed by atoms with Gasteiger partial charge in [-0.25, -0.2) is 0 Å². The Bertz CT molecular complexity index is 598. The van der Waals surface area contributed by atoms with Gasteiger partial charge in [0, 0.05) is 32.3 Å². The molecule has 0 N–H and O–H groups in total. The largest absolute Gasteiger partial charge is 0.383 e. The van der Waals surface area contributed by atoms with Crippen molar-refractivity contribution in [1.82, 2.24) is 10.1 Å². The molecule has 1 aromatic heterocycles. The number of carbonyl (C=O) groups excluding carboxylic acids is 1. The molecule has 0 aliphatic rings. The molecule has 0 saturated heterocycles. The van der Waals surface area contributed by atoms with E-state index in [0.717, 1.165) is 0 Å². The fourth-order valence-corrected chi connectivity index (χ4v) is 1.92. The van der Waals surface area contributed by atoms with Crippen molar-refractivity contribution in [3.63, 3.8) is 0 Å². The van der Waals surface area contributed by atoms with Crippen LogP contribution in [0.1, 0.15) is 10.5 Å². The van der Waals surface area contributed by atoms with E-state index in [9.17, 15) is 4.79 Å². The normalized spacial score (nSPS) is 10.6. The van der Waals surface area contributed by atoms with Crippen molar-refractivity contribution in [3.05, 3.63) is 41.0 Å². The molecule has 0 atom stereocenters. The molecule has 0 aliphatic carbocycles. The van der Waals surface area contributed by atoms with Crippen molar-refractivity contribution in [3.8, 4) is 11.3 Å². The number of hydrogen-bond donors (Lipinski definition) is 0. The summed E-state index contributed by atoms with van der Waals surface area (Å²) in [7, 11) is 3.27. The van der Waals surface area contributed by atoms with E-state index in [-0.39, 0.29) is 11.6 Å². The quantitative estimate of drug-likeness (QED) is 0.851. The highest BCUT2D eigenvalue weighted by Gasteiger charge is 2.18. The highest BCUT2D eigenvalue weighted by Crippen LogP contribution is 2.28. The van der Waals surface area contributed by atoms with Gasteiger partial charge in [-0.3, -0.25) is 4.79 Å². The molecule has 20 heavy (non-hydrogen) atoms. The van der Waals surface area contributed by atoms with Crippen molar-refractivity contribution in [2.24, 2.45) is 0 Å². The number of rotatable bonds is 5. The van der Waals surface area contributed by atoms with Gasteiger partial charge in [-0.2, -0.15) is 0 Å². The van der Waals surface area contributed by atoms with E-state index >= 15 is 0 Å². The van der Waals surface area contributed by atoms with Crippen LogP contribution in [0, 0.1) is 0 Å². The van der Waals surface area contributed by atoms with Gasteiger partial charge in [0.25, 0.3) is 5.91 Å². The van der Waals surface area contributed by atoms with Gasteiger partial charge < -0.3 is 14.2 Å². The minimum absolute atomic E-state index is 0.218. The molecule has 0 bridgehead atoms. The summed E-state index contributed by atoms with van der Waals surface area (Å²) in [6.45, 7) is 0.959. The molecule has 0 aliphatic heterocycles. The molecular formula is C14H15ClN2O3. The number of hydrogen-bond acceptors (Lipinski definition) is 4. The molecule has 2 aromatic rings. The number of carbonyl (C=O) groups is 1. The highest BCUT2D eigenvalue weighted by molar-refractivity contribution is 6.33. The molecular weight excluding hydrogens is 280 g/mol. The number of methoxy groups -OCH3 is 1. The lowest BCUT2D eigenvalue weighted by molar-refractivity contribution is 0.0734. The zero-order valence-corrected chi connectivity index (χ0v) is 12.1. The first kappa shape index (κ1) is 14.6. The van der Waals surface area contributed by atoms with Gasteiger partial charge in [-0.15, -0.1) is 0 Å². The summed E-state index contributed by atoms with van der Waals surface area (Å²) in [5.74, 6) is 0.253. The Balaban J connectivity index is 2.17. The standard InChI is InChI=1S/C14H15ClN2O3/c1-17(7-8-19-2)14(18)12-9-13(20-16-12)10-5-3-4-6-11(10)15/h3-6,9H,7-8H2,1-2H3. The molecule has 0 saturated carbocycles. The summed E-state index contributed by atoms with van der Waals surface area (Å²) in [6, 6.07) is 8.83. The molecule has 0 unspecified atom stereocenters. The lowest BCUT2D eigenvalue weighted by atomic mass is 10.1. The molecule has 1 amide bonds. The average Bonchev–Trinajstić information content (AvgIpc) is 2.94. The van der Waals surface area contributed by atoms with Crippen LogP contribution in [-0.4, -0.2) is 43.3 Å². The number of halogens is 1. The van der Waals surface area contributed by atoms with E-state index < -0.39 is 0 Å². The maximum atomic E-state index is 12.1. The number of aromatic nitrogens is 1. The second-order valence-electron chi connectivity index (χ2n) is 4.28. The lowest BCUT2D eigenvalue weighted by Crippen LogP contribution is -2.30. The van der Waals surface area contributed by atoms with E-state index in [0.29, 0.717) is 29.5 Å². The van der Waals surface area contributed by atoms with Crippen molar-refractivity contribution < 1.29 is 14.1 Å². The third kappa shape index (κ3) is 3.18. The SMILES string of the molecule is COCCN(C)C(=O)c1cc(-c2ccccc2Cl)on1. The van der Waals surface area contributed by atoms with Gasteiger partial charge in [-0.1, -0.05) is 28.9 Å². The van der Waals surface area contributed by atoms with Crippen LogP contribution in [0.25, 0.3) is 11.3 Å². The summed E-state index contributed by atoms with van der Waals surface area (Å²) in [4.78, 5) is 13.6. The topological polar surface area (TPSA) is 55.6 Å².